The normalized spacial score (nSPS) is 10.5. The number of carbonyl (C=O) groups excluding carboxylic acids is 2. The van der Waals surface area contributed by atoms with E-state index in [1.54, 1.807) is 31.4 Å². The van der Waals surface area contributed by atoms with Crippen LogP contribution < -0.4 is 10.1 Å². The summed E-state index contributed by atoms with van der Waals surface area (Å²) in [6.45, 7) is 4.24. The molecule has 3 aromatic rings. The Kier molecular flexibility index (Phi) is 7.37. The minimum absolute atomic E-state index is 0.0280. The molecule has 0 aliphatic heterocycles. The van der Waals surface area contributed by atoms with Gasteiger partial charge in [-0.3, -0.25) is 9.59 Å². The van der Waals surface area contributed by atoms with Crippen LogP contribution in [0, 0.1) is 6.92 Å². The number of benzene rings is 2. The molecule has 0 bridgehead atoms. The van der Waals surface area contributed by atoms with Gasteiger partial charge in [0.05, 0.1) is 13.7 Å². The number of amides is 2. The van der Waals surface area contributed by atoms with Gasteiger partial charge in [-0.2, -0.15) is 0 Å². The molecule has 3 rings (SSSR count). The molecule has 0 aliphatic carbocycles. The highest BCUT2D eigenvalue weighted by atomic mass is 16.5. The van der Waals surface area contributed by atoms with Crippen LogP contribution in [0.2, 0.25) is 0 Å². The maximum absolute atomic E-state index is 12.6. The van der Waals surface area contributed by atoms with Gasteiger partial charge in [-0.25, -0.2) is 0 Å². The molecule has 0 unspecified atom stereocenters. The lowest BCUT2D eigenvalue weighted by atomic mass is 10.1. The first kappa shape index (κ1) is 22.0. The number of ether oxygens (including phenoxy) is 1. The third kappa shape index (κ3) is 6.15. The van der Waals surface area contributed by atoms with E-state index >= 15 is 0 Å². The molecule has 1 aromatic heterocycles. The number of hydrogen-bond donors (Lipinski definition) is 1. The summed E-state index contributed by atoms with van der Waals surface area (Å²) < 4.78 is 10.8. The summed E-state index contributed by atoms with van der Waals surface area (Å²) in [5.74, 6) is 1.11. The lowest BCUT2D eigenvalue weighted by molar-refractivity contribution is -0.134. The summed E-state index contributed by atoms with van der Waals surface area (Å²) in [7, 11) is 1.58. The van der Waals surface area contributed by atoms with Crippen molar-refractivity contribution in [3.8, 4) is 17.2 Å². The highest BCUT2D eigenvalue weighted by molar-refractivity contribution is 5.94. The van der Waals surface area contributed by atoms with Crippen LogP contribution in [-0.4, -0.2) is 47.1 Å². The van der Waals surface area contributed by atoms with Crippen LogP contribution in [0.5, 0.6) is 5.75 Å². The van der Waals surface area contributed by atoms with Crippen molar-refractivity contribution in [2.24, 2.45) is 0 Å². The zero-order chi connectivity index (χ0) is 22.2. The number of methoxy groups -OCH3 is 1. The van der Waals surface area contributed by atoms with Crippen molar-refractivity contribution in [1.82, 2.24) is 15.1 Å². The summed E-state index contributed by atoms with van der Waals surface area (Å²) in [6, 6.07) is 14.8. The second-order valence-electron chi connectivity index (χ2n) is 7.05. The molecule has 0 saturated heterocycles. The van der Waals surface area contributed by atoms with E-state index in [0.29, 0.717) is 36.2 Å². The fourth-order valence-electron chi connectivity index (χ4n) is 2.96. The van der Waals surface area contributed by atoms with Gasteiger partial charge >= 0.3 is 0 Å². The number of nitrogens with zero attached hydrogens (tertiary/aromatic N) is 3. The first-order chi connectivity index (χ1) is 15.0. The fraction of sp³-hybridized carbons (Fsp3) is 0.304. The van der Waals surface area contributed by atoms with Crippen molar-refractivity contribution in [2.45, 2.75) is 26.7 Å². The summed E-state index contributed by atoms with van der Waals surface area (Å²) in [4.78, 5) is 26.4. The van der Waals surface area contributed by atoms with E-state index in [2.05, 4.69) is 15.5 Å². The Labute approximate surface area is 181 Å². The predicted octanol–water partition coefficient (Wildman–Crippen LogP) is 3.47. The van der Waals surface area contributed by atoms with Gasteiger partial charge in [0.2, 0.25) is 23.6 Å². The Bertz CT molecular complexity index is 1010. The molecule has 0 saturated carbocycles. The van der Waals surface area contributed by atoms with Crippen LogP contribution in [0.15, 0.2) is 52.9 Å². The SMILES string of the molecule is CCN(CC(=O)Nc1ccc(OC)cc1)C(=O)CCc1nnc(-c2ccc(C)cc2)o1. The number of likely N-dealkylation sites (N-methyl/N-ethyl adjacent to an activating group) is 1. The number of aromatic nitrogens is 2. The van der Waals surface area contributed by atoms with Crippen molar-refractivity contribution in [2.75, 3.05) is 25.5 Å². The summed E-state index contributed by atoms with van der Waals surface area (Å²) in [5.41, 5.74) is 2.62. The molecule has 8 nitrogen and oxygen atoms in total. The molecule has 0 atom stereocenters. The quantitative estimate of drug-likeness (QED) is 0.567. The topological polar surface area (TPSA) is 97.6 Å². The van der Waals surface area contributed by atoms with E-state index in [9.17, 15) is 9.59 Å². The second-order valence-corrected chi connectivity index (χ2v) is 7.05. The third-order valence-electron chi connectivity index (χ3n) is 4.76. The molecule has 0 radical (unpaired) electrons. The lowest BCUT2D eigenvalue weighted by Crippen LogP contribution is -2.38. The van der Waals surface area contributed by atoms with Crippen molar-refractivity contribution in [3.05, 3.63) is 60.0 Å². The molecule has 31 heavy (non-hydrogen) atoms. The number of rotatable bonds is 9. The minimum Gasteiger partial charge on any atom is -0.497 e. The Morgan fingerprint density at radius 2 is 1.77 bits per heavy atom. The largest absolute Gasteiger partial charge is 0.497 e. The van der Waals surface area contributed by atoms with Crippen LogP contribution in [0.4, 0.5) is 5.69 Å². The van der Waals surface area contributed by atoms with Crippen molar-refractivity contribution >= 4 is 17.5 Å². The van der Waals surface area contributed by atoms with E-state index in [0.717, 1.165) is 11.1 Å². The van der Waals surface area contributed by atoms with Gasteiger partial charge in [0.15, 0.2) is 0 Å². The van der Waals surface area contributed by atoms with Crippen LogP contribution in [0.25, 0.3) is 11.5 Å². The second kappa shape index (κ2) is 10.4. The molecule has 0 spiro atoms. The molecule has 2 amide bonds. The molecule has 0 fully saturated rings. The van der Waals surface area contributed by atoms with E-state index in [4.69, 9.17) is 9.15 Å². The molecule has 1 heterocycles. The molecule has 1 N–H and O–H groups in total. The number of aryl methyl sites for hydroxylation is 2. The lowest BCUT2D eigenvalue weighted by Gasteiger charge is -2.20. The Morgan fingerprint density at radius 3 is 2.42 bits per heavy atom. The Morgan fingerprint density at radius 1 is 1.06 bits per heavy atom. The van der Waals surface area contributed by atoms with Gasteiger partial charge in [-0.1, -0.05) is 17.7 Å². The summed E-state index contributed by atoms with van der Waals surface area (Å²) in [6.07, 6.45) is 0.494. The van der Waals surface area contributed by atoms with Crippen molar-refractivity contribution in [1.29, 1.82) is 0 Å². The van der Waals surface area contributed by atoms with Gasteiger partial charge in [0.25, 0.3) is 0 Å². The highest BCUT2D eigenvalue weighted by Crippen LogP contribution is 2.19. The van der Waals surface area contributed by atoms with E-state index in [1.165, 1.54) is 4.90 Å². The Hall–Kier alpha value is -3.68. The minimum atomic E-state index is -0.264. The van der Waals surface area contributed by atoms with E-state index < -0.39 is 0 Å². The number of carbonyl (C=O) groups is 2. The molecular weight excluding hydrogens is 396 g/mol. The van der Waals surface area contributed by atoms with E-state index in [1.807, 2.05) is 38.1 Å². The van der Waals surface area contributed by atoms with Gasteiger partial charge in [0.1, 0.15) is 5.75 Å². The molecule has 0 aliphatic rings. The van der Waals surface area contributed by atoms with Gasteiger partial charge in [-0.15, -0.1) is 10.2 Å². The average molecular weight is 422 g/mol. The monoisotopic (exact) mass is 422 g/mol. The highest BCUT2D eigenvalue weighted by Gasteiger charge is 2.17. The van der Waals surface area contributed by atoms with Crippen LogP contribution in [-0.2, 0) is 16.0 Å². The van der Waals surface area contributed by atoms with Gasteiger partial charge < -0.3 is 19.4 Å². The van der Waals surface area contributed by atoms with Crippen molar-refractivity contribution < 1.29 is 18.7 Å². The first-order valence-corrected chi connectivity index (χ1v) is 10.1. The van der Waals surface area contributed by atoms with E-state index in [-0.39, 0.29) is 24.8 Å². The summed E-state index contributed by atoms with van der Waals surface area (Å²) in [5, 5.41) is 10.9. The smallest absolute Gasteiger partial charge is 0.247 e. The number of anilines is 1. The molecule has 2 aromatic carbocycles. The average Bonchev–Trinajstić information content (AvgIpc) is 3.26. The predicted molar refractivity (Wildman–Crippen MR) is 117 cm³/mol. The summed E-state index contributed by atoms with van der Waals surface area (Å²) >= 11 is 0. The van der Waals surface area contributed by atoms with Gasteiger partial charge in [-0.05, 0) is 50.2 Å². The number of nitrogens with one attached hydrogen (secondary N) is 1. The van der Waals surface area contributed by atoms with Gasteiger partial charge in [0, 0.05) is 30.6 Å². The Balaban J connectivity index is 1.51. The van der Waals surface area contributed by atoms with Crippen LogP contribution in [0.3, 0.4) is 0 Å². The zero-order valence-electron chi connectivity index (χ0n) is 17.9. The molecular formula is C23H26N4O4. The zero-order valence-corrected chi connectivity index (χ0v) is 17.9. The van der Waals surface area contributed by atoms with Crippen LogP contribution >= 0.6 is 0 Å². The van der Waals surface area contributed by atoms with Crippen LogP contribution in [0.1, 0.15) is 24.8 Å². The maximum Gasteiger partial charge on any atom is 0.247 e. The molecule has 162 valence electrons. The maximum atomic E-state index is 12.6. The standard InChI is InChI=1S/C23H26N4O4/c1-4-27(15-20(28)24-18-9-11-19(30-3)12-10-18)22(29)14-13-21-25-26-23(31-21)17-7-5-16(2)6-8-17/h5-12H,4,13-15H2,1-3H3,(H,24,28). The molecule has 8 heteroatoms. The number of hydrogen-bond acceptors (Lipinski definition) is 6. The fourth-order valence-corrected chi connectivity index (χ4v) is 2.96. The first-order valence-electron chi connectivity index (χ1n) is 10.1. The third-order valence-corrected chi connectivity index (χ3v) is 4.76. The van der Waals surface area contributed by atoms with Crippen molar-refractivity contribution in [3.63, 3.8) is 0 Å².